The first kappa shape index (κ1) is 31.0. The summed E-state index contributed by atoms with van der Waals surface area (Å²) in [5, 5.41) is 5.06. The molecule has 1 heteroatoms. The number of nitrogens with zero attached hydrogens (tertiary/aromatic N) is 1. The molecule has 8 aromatic carbocycles. The summed E-state index contributed by atoms with van der Waals surface area (Å²) in [5.41, 5.74) is 17.1. The Kier molecular flexibility index (Phi) is 6.23. The summed E-state index contributed by atoms with van der Waals surface area (Å²) in [6, 6.07) is 64.0. The highest BCUT2D eigenvalue weighted by atomic mass is 15.1. The summed E-state index contributed by atoms with van der Waals surface area (Å²) >= 11 is 0. The van der Waals surface area contributed by atoms with Crippen LogP contribution in [-0.2, 0) is 10.8 Å². The normalized spacial score (nSPS) is 18.7. The van der Waals surface area contributed by atoms with E-state index in [0.717, 1.165) is 0 Å². The number of rotatable bonds is 3. The molecule has 4 aliphatic rings. The van der Waals surface area contributed by atoms with Crippen LogP contribution in [0.4, 0.5) is 11.4 Å². The van der Waals surface area contributed by atoms with Crippen molar-refractivity contribution in [1.29, 1.82) is 0 Å². The molecule has 8 aromatic rings. The van der Waals surface area contributed by atoms with E-state index in [-0.39, 0.29) is 22.7 Å². The Balaban J connectivity index is 1.14. The van der Waals surface area contributed by atoms with Crippen LogP contribution >= 0.6 is 0 Å². The Labute approximate surface area is 322 Å². The maximum atomic E-state index is 2.64. The Hall–Kier alpha value is -6.44. The number of hydrogen-bond acceptors (Lipinski definition) is 1. The summed E-state index contributed by atoms with van der Waals surface area (Å²) in [6.45, 7) is 4.77. The molecule has 55 heavy (non-hydrogen) atoms. The number of fused-ring (bicyclic) bond motifs is 16. The summed E-state index contributed by atoms with van der Waals surface area (Å²) in [7, 11) is 0. The Morgan fingerprint density at radius 1 is 0.491 bits per heavy atom. The van der Waals surface area contributed by atoms with Crippen molar-refractivity contribution in [2.75, 3.05) is 4.90 Å². The predicted molar refractivity (Wildman–Crippen MR) is 229 cm³/mol. The van der Waals surface area contributed by atoms with Crippen LogP contribution in [0.3, 0.4) is 0 Å². The first-order valence-corrected chi connectivity index (χ1v) is 19.7. The molecular weight excluding hydrogens is 663 g/mol. The van der Waals surface area contributed by atoms with Gasteiger partial charge in [0.05, 0.1) is 11.1 Å². The maximum absolute atomic E-state index is 2.64. The third kappa shape index (κ3) is 3.98. The molecule has 0 fully saturated rings. The van der Waals surface area contributed by atoms with Gasteiger partial charge in [0.15, 0.2) is 0 Å². The van der Waals surface area contributed by atoms with Gasteiger partial charge in [-0.3, -0.25) is 0 Å². The Morgan fingerprint density at radius 2 is 1.09 bits per heavy atom. The third-order valence-electron chi connectivity index (χ3n) is 13.5. The van der Waals surface area contributed by atoms with Crippen LogP contribution in [0.25, 0.3) is 43.8 Å². The average molecular weight is 702 g/mol. The number of hydrogen-bond donors (Lipinski definition) is 0. The molecule has 0 radical (unpaired) electrons. The molecular formula is C54H39N. The van der Waals surface area contributed by atoms with Crippen molar-refractivity contribution in [3.05, 3.63) is 227 Å². The van der Waals surface area contributed by atoms with E-state index in [1.807, 2.05) is 0 Å². The van der Waals surface area contributed by atoms with E-state index in [1.165, 1.54) is 94.3 Å². The molecule has 2 atom stereocenters. The summed E-state index contributed by atoms with van der Waals surface area (Å²) in [6.07, 6.45) is 7.57. The van der Waals surface area contributed by atoms with E-state index in [4.69, 9.17) is 0 Å². The molecule has 1 nitrogen and oxygen atoms in total. The second-order valence-corrected chi connectivity index (χ2v) is 16.4. The van der Waals surface area contributed by atoms with Crippen LogP contribution in [0, 0.1) is 5.92 Å². The van der Waals surface area contributed by atoms with E-state index in [9.17, 15) is 0 Å². The lowest BCUT2D eigenvalue weighted by molar-refractivity contribution is 0.462. The molecule has 0 N–H and O–H groups in total. The van der Waals surface area contributed by atoms with Gasteiger partial charge in [-0.15, -0.1) is 0 Å². The fourth-order valence-electron chi connectivity index (χ4n) is 11.2. The molecule has 0 saturated heterocycles. The van der Waals surface area contributed by atoms with Crippen LogP contribution in [0.15, 0.2) is 194 Å². The largest absolute Gasteiger partial charge is 0.310 e. The van der Waals surface area contributed by atoms with Crippen LogP contribution in [0.5, 0.6) is 0 Å². The van der Waals surface area contributed by atoms with Crippen molar-refractivity contribution in [1.82, 2.24) is 0 Å². The van der Waals surface area contributed by atoms with E-state index < -0.39 is 0 Å². The highest BCUT2D eigenvalue weighted by Crippen LogP contribution is 2.65. The van der Waals surface area contributed by atoms with Crippen LogP contribution in [0.1, 0.15) is 53.1 Å². The van der Waals surface area contributed by atoms with E-state index in [1.54, 1.807) is 0 Å². The zero-order chi connectivity index (χ0) is 36.5. The Morgan fingerprint density at radius 3 is 1.87 bits per heavy atom. The minimum atomic E-state index is -0.302. The lowest BCUT2D eigenvalue weighted by atomic mass is 9.65. The fourth-order valence-corrected chi connectivity index (χ4v) is 11.2. The van der Waals surface area contributed by atoms with Gasteiger partial charge >= 0.3 is 0 Å². The van der Waals surface area contributed by atoms with Gasteiger partial charge in [-0.05, 0) is 96.1 Å². The quantitative estimate of drug-likeness (QED) is 0.166. The maximum Gasteiger partial charge on any atom is 0.0546 e. The molecule has 2 unspecified atom stereocenters. The number of benzene rings is 8. The van der Waals surface area contributed by atoms with Gasteiger partial charge in [0.1, 0.15) is 0 Å². The first-order chi connectivity index (χ1) is 27.0. The molecule has 0 amide bonds. The molecule has 0 saturated carbocycles. The molecule has 260 valence electrons. The minimum Gasteiger partial charge on any atom is -0.310 e. The Bertz CT molecular complexity index is 2950. The lowest BCUT2D eigenvalue weighted by Crippen LogP contribution is -2.34. The summed E-state index contributed by atoms with van der Waals surface area (Å²) in [5.74, 6) is 0.432. The predicted octanol–water partition coefficient (Wildman–Crippen LogP) is 13.6. The monoisotopic (exact) mass is 701 g/mol. The van der Waals surface area contributed by atoms with Crippen LogP contribution in [-0.4, -0.2) is 0 Å². The zero-order valence-corrected chi connectivity index (χ0v) is 31.0. The van der Waals surface area contributed by atoms with Crippen LogP contribution in [0.2, 0.25) is 0 Å². The molecule has 0 aromatic heterocycles. The average Bonchev–Trinajstić information content (AvgIpc) is 3.79. The van der Waals surface area contributed by atoms with Crippen molar-refractivity contribution in [3.63, 3.8) is 0 Å². The minimum absolute atomic E-state index is 0.116. The van der Waals surface area contributed by atoms with Gasteiger partial charge in [-0.2, -0.15) is 0 Å². The third-order valence-corrected chi connectivity index (χ3v) is 13.5. The van der Waals surface area contributed by atoms with Gasteiger partial charge in [-0.1, -0.05) is 178 Å². The van der Waals surface area contributed by atoms with E-state index >= 15 is 0 Å². The standard InChI is InChI=1S/C54H39N/c1-53(2)45-21-9-5-17-39(45)43-30-28-36(32-49(43)53)55(51-25-13-15-35-27-26-34-14-3-4-16-38(34)52(35)51)37-29-31-44-42-20-8-12-24-48(42)54(50(44)33-37)46-22-10-6-18-40(46)41-19-7-11-23-47(41)54/h3-33,44,50H,1-2H3. The second-order valence-electron chi connectivity index (χ2n) is 16.4. The SMILES string of the molecule is CC1(C)c2ccccc2-c2ccc(N(C3=CC4C(C=C3)c3ccccc3C43c4ccccc4-c4ccccc43)c3cccc4ccc5ccccc5c34)cc21. The van der Waals surface area contributed by atoms with Crippen molar-refractivity contribution >= 4 is 32.9 Å². The zero-order valence-electron chi connectivity index (χ0n) is 31.0. The molecule has 0 bridgehead atoms. The number of anilines is 2. The van der Waals surface area contributed by atoms with Gasteiger partial charge in [0.2, 0.25) is 0 Å². The second kappa shape index (κ2) is 11.1. The van der Waals surface area contributed by atoms with Crippen molar-refractivity contribution in [2.24, 2.45) is 5.92 Å². The molecule has 0 aliphatic heterocycles. The van der Waals surface area contributed by atoms with Gasteiger partial charge < -0.3 is 4.90 Å². The van der Waals surface area contributed by atoms with Crippen LogP contribution < -0.4 is 4.90 Å². The highest BCUT2D eigenvalue weighted by Gasteiger charge is 2.57. The van der Waals surface area contributed by atoms with Crippen molar-refractivity contribution in [3.8, 4) is 22.3 Å². The topological polar surface area (TPSA) is 3.24 Å². The van der Waals surface area contributed by atoms with Crippen molar-refractivity contribution < 1.29 is 0 Å². The number of allylic oxidation sites excluding steroid dienone is 3. The molecule has 12 rings (SSSR count). The lowest BCUT2D eigenvalue weighted by Gasteiger charge is -2.38. The fraction of sp³-hybridized carbons (Fsp3) is 0.111. The van der Waals surface area contributed by atoms with E-state index in [0.29, 0.717) is 0 Å². The molecule has 4 aliphatic carbocycles. The van der Waals surface area contributed by atoms with Gasteiger partial charge in [0, 0.05) is 34.0 Å². The highest BCUT2D eigenvalue weighted by molar-refractivity contribution is 6.14. The smallest absolute Gasteiger partial charge is 0.0546 e. The first-order valence-electron chi connectivity index (χ1n) is 19.7. The summed E-state index contributed by atoms with van der Waals surface area (Å²) < 4.78 is 0. The molecule has 0 heterocycles. The summed E-state index contributed by atoms with van der Waals surface area (Å²) in [4.78, 5) is 2.57. The van der Waals surface area contributed by atoms with E-state index in [2.05, 4.69) is 207 Å². The van der Waals surface area contributed by atoms with Crippen molar-refractivity contribution in [2.45, 2.75) is 30.6 Å². The van der Waals surface area contributed by atoms with Gasteiger partial charge in [0.25, 0.3) is 0 Å². The van der Waals surface area contributed by atoms with Gasteiger partial charge in [-0.25, -0.2) is 0 Å². The molecule has 1 spiro atoms.